The number of fused-ring (bicyclic) bond motifs is 3. The largest absolute Gasteiger partial charge is 0.228 e. The molecular formula is C47H32N2. The van der Waals surface area contributed by atoms with E-state index in [0.29, 0.717) is 5.82 Å². The van der Waals surface area contributed by atoms with Crippen molar-refractivity contribution in [1.82, 2.24) is 9.97 Å². The third-order valence-corrected chi connectivity index (χ3v) is 9.50. The van der Waals surface area contributed by atoms with Crippen LogP contribution in [0.1, 0.15) is 23.1 Å². The Kier molecular flexibility index (Phi) is 7.25. The van der Waals surface area contributed by atoms with E-state index in [2.05, 4.69) is 164 Å². The molecule has 0 aliphatic heterocycles. The van der Waals surface area contributed by atoms with Gasteiger partial charge in [0.15, 0.2) is 5.82 Å². The Morgan fingerprint density at radius 1 is 0.429 bits per heavy atom. The molecule has 0 amide bonds. The summed E-state index contributed by atoms with van der Waals surface area (Å²) in [6, 6.07) is 58.2. The second-order valence-electron chi connectivity index (χ2n) is 12.5. The maximum atomic E-state index is 5.28. The van der Waals surface area contributed by atoms with Crippen molar-refractivity contribution < 1.29 is 0 Å². The molecule has 2 heteroatoms. The molecule has 1 aliphatic rings. The van der Waals surface area contributed by atoms with Crippen LogP contribution in [-0.4, -0.2) is 9.97 Å². The molecule has 0 saturated carbocycles. The van der Waals surface area contributed by atoms with Crippen molar-refractivity contribution >= 4 is 33.2 Å². The predicted octanol–water partition coefficient (Wildman–Crippen LogP) is 12.3. The number of hydrogen-bond acceptors (Lipinski definition) is 2. The molecule has 0 radical (unpaired) electrons. The predicted molar refractivity (Wildman–Crippen MR) is 206 cm³/mol. The fourth-order valence-electron chi connectivity index (χ4n) is 7.16. The van der Waals surface area contributed by atoms with Crippen LogP contribution < -0.4 is 0 Å². The van der Waals surface area contributed by atoms with Crippen LogP contribution in [0.3, 0.4) is 0 Å². The second-order valence-corrected chi connectivity index (χ2v) is 12.5. The zero-order valence-electron chi connectivity index (χ0n) is 26.9. The van der Waals surface area contributed by atoms with Crippen molar-refractivity contribution in [2.75, 3.05) is 0 Å². The molecule has 0 bridgehead atoms. The normalized spacial score (nSPS) is 12.4. The first-order chi connectivity index (χ1) is 24.3. The van der Waals surface area contributed by atoms with Crippen LogP contribution in [0.15, 0.2) is 176 Å². The fraction of sp³-hybridized carbons (Fsp3) is 0.0213. The molecule has 0 unspecified atom stereocenters. The summed E-state index contributed by atoms with van der Waals surface area (Å²) in [7, 11) is 0. The summed E-state index contributed by atoms with van der Waals surface area (Å²) in [5.74, 6) is 0.711. The monoisotopic (exact) mass is 624 g/mol. The van der Waals surface area contributed by atoms with E-state index in [4.69, 9.17) is 9.97 Å². The van der Waals surface area contributed by atoms with Gasteiger partial charge in [-0.3, -0.25) is 0 Å². The Morgan fingerprint density at radius 2 is 1.08 bits per heavy atom. The van der Waals surface area contributed by atoms with E-state index < -0.39 is 0 Å². The Labute approximate surface area is 286 Å². The van der Waals surface area contributed by atoms with Gasteiger partial charge >= 0.3 is 0 Å². The van der Waals surface area contributed by atoms with E-state index in [-0.39, 0.29) is 0 Å². The number of rotatable bonds is 5. The van der Waals surface area contributed by atoms with Crippen LogP contribution in [0, 0.1) is 0 Å². The Balaban J connectivity index is 1.27. The highest BCUT2D eigenvalue weighted by Crippen LogP contribution is 2.41. The summed E-state index contributed by atoms with van der Waals surface area (Å²) in [5.41, 5.74) is 12.2. The molecule has 0 atom stereocenters. The molecule has 1 aliphatic carbocycles. The van der Waals surface area contributed by atoms with E-state index in [1.165, 1.54) is 49.5 Å². The Bertz CT molecular complexity index is 2560. The van der Waals surface area contributed by atoms with Gasteiger partial charge in [0.2, 0.25) is 0 Å². The van der Waals surface area contributed by atoms with E-state index in [9.17, 15) is 0 Å². The number of hydrogen-bond donors (Lipinski definition) is 0. The molecular weight excluding hydrogens is 593 g/mol. The SMILES string of the molecule is C1=Cc2cccc(-c3cc(-c4ccc(-c5ccc6ccccc6c5)c5ccccc45)nc(-c4ccccc4)n3)c2C(c2ccccc2)=CC1. The Hall–Kier alpha value is -6.38. The van der Waals surface area contributed by atoms with Crippen molar-refractivity contribution in [2.45, 2.75) is 6.42 Å². The number of nitrogens with zero attached hydrogens (tertiary/aromatic N) is 2. The first kappa shape index (κ1) is 28.8. The van der Waals surface area contributed by atoms with Crippen LogP contribution in [0.2, 0.25) is 0 Å². The van der Waals surface area contributed by atoms with E-state index >= 15 is 0 Å². The summed E-state index contributed by atoms with van der Waals surface area (Å²) in [6.45, 7) is 0. The molecule has 0 N–H and O–H groups in total. The highest BCUT2D eigenvalue weighted by molar-refractivity contribution is 6.06. The third-order valence-electron chi connectivity index (χ3n) is 9.50. The van der Waals surface area contributed by atoms with Gasteiger partial charge in [-0.25, -0.2) is 9.97 Å². The first-order valence-electron chi connectivity index (χ1n) is 16.8. The van der Waals surface area contributed by atoms with Gasteiger partial charge in [0.1, 0.15) is 0 Å². The molecule has 8 aromatic rings. The number of aromatic nitrogens is 2. The summed E-state index contributed by atoms with van der Waals surface area (Å²) < 4.78 is 0. The van der Waals surface area contributed by atoms with Gasteiger partial charge in [0.05, 0.1) is 11.4 Å². The van der Waals surface area contributed by atoms with Crippen LogP contribution in [0.25, 0.3) is 78.2 Å². The lowest BCUT2D eigenvalue weighted by Crippen LogP contribution is -2.00. The topological polar surface area (TPSA) is 25.8 Å². The van der Waals surface area contributed by atoms with Gasteiger partial charge in [-0.1, -0.05) is 170 Å². The van der Waals surface area contributed by atoms with Crippen LogP contribution in [-0.2, 0) is 0 Å². The molecule has 1 heterocycles. The lowest BCUT2D eigenvalue weighted by Gasteiger charge is -2.18. The maximum Gasteiger partial charge on any atom is 0.160 e. The van der Waals surface area contributed by atoms with Gasteiger partial charge in [-0.05, 0) is 73.5 Å². The Morgan fingerprint density at radius 3 is 1.88 bits per heavy atom. The van der Waals surface area contributed by atoms with Gasteiger partial charge in [-0.15, -0.1) is 0 Å². The molecule has 0 saturated heterocycles. The fourth-order valence-corrected chi connectivity index (χ4v) is 7.16. The van der Waals surface area contributed by atoms with Gasteiger partial charge in [-0.2, -0.15) is 0 Å². The van der Waals surface area contributed by atoms with Gasteiger partial charge < -0.3 is 0 Å². The highest BCUT2D eigenvalue weighted by atomic mass is 14.9. The van der Waals surface area contributed by atoms with Crippen molar-refractivity contribution in [1.29, 1.82) is 0 Å². The standard InChI is InChI=1S/C47H32N2/c1-3-15-33(16-4-1)39-22-10-9-17-34-21-13-25-43(46(34)39)45-31-44(48-47(49-45)35-18-5-2-6-19-35)42-29-28-38(40-23-11-12-24-41(40)42)37-27-26-32-14-7-8-20-36(32)30-37/h1-9,11-31H,10H2. The van der Waals surface area contributed by atoms with Crippen LogP contribution in [0.4, 0.5) is 0 Å². The second kappa shape index (κ2) is 12.3. The third kappa shape index (κ3) is 5.34. The molecule has 7 aromatic carbocycles. The van der Waals surface area contributed by atoms with Crippen molar-refractivity contribution in [3.63, 3.8) is 0 Å². The molecule has 230 valence electrons. The zero-order valence-corrected chi connectivity index (χ0v) is 26.9. The van der Waals surface area contributed by atoms with E-state index in [1.807, 2.05) is 18.2 Å². The highest BCUT2D eigenvalue weighted by Gasteiger charge is 2.20. The average Bonchev–Trinajstić information content (AvgIpc) is 3.41. The molecule has 9 rings (SSSR count). The van der Waals surface area contributed by atoms with Gasteiger partial charge in [0, 0.05) is 16.7 Å². The summed E-state index contributed by atoms with van der Waals surface area (Å²) >= 11 is 0. The minimum absolute atomic E-state index is 0.711. The summed E-state index contributed by atoms with van der Waals surface area (Å²) in [6.07, 6.45) is 7.69. The molecule has 49 heavy (non-hydrogen) atoms. The molecule has 2 nitrogen and oxygen atoms in total. The minimum Gasteiger partial charge on any atom is -0.228 e. The molecule has 0 spiro atoms. The van der Waals surface area contributed by atoms with Crippen molar-refractivity contribution in [3.05, 3.63) is 193 Å². The molecule has 0 fully saturated rings. The van der Waals surface area contributed by atoms with Crippen molar-refractivity contribution in [3.8, 4) is 45.0 Å². The minimum atomic E-state index is 0.711. The van der Waals surface area contributed by atoms with Gasteiger partial charge in [0.25, 0.3) is 0 Å². The smallest absolute Gasteiger partial charge is 0.160 e. The lowest BCUT2D eigenvalue weighted by atomic mass is 9.88. The van der Waals surface area contributed by atoms with Crippen LogP contribution >= 0.6 is 0 Å². The summed E-state index contributed by atoms with van der Waals surface area (Å²) in [5, 5.41) is 4.84. The number of allylic oxidation sites excluding steroid dienone is 2. The van der Waals surface area contributed by atoms with E-state index in [1.54, 1.807) is 0 Å². The zero-order chi connectivity index (χ0) is 32.6. The number of benzene rings is 7. The first-order valence-corrected chi connectivity index (χ1v) is 16.8. The van der Waals surface area contributed by atoms with Crippen molar-refractivity contribution in [2.24, 2.45) is 0 Å². The maximum absolute atomic E-state index is 5.28. The lowest BCUT2D eigenvalue weighted by molar-refractivity contribution is 1.18. The summed E-state index contributed by atoms with van der Waals surface area (Å²) in [4.78, 5) is 10.5. The van der Waals surface area contributed by atoms with Crippen LogP contribution in [0.5, 0.6) is 0 Å². The quantitative estimate of drug-likeness (QED) is 0.190. The molecule has 1 aromatic heterocycles. The average molecular weight is 625 g/mol. The van der Waals surface area contributed by atoms with E-state index in [0.717, 1.165) is 39.9 Å².